The van der Waals surface area contributed by atoms with Crippen molar-refractivity contribution in [2.24, 2.45) is 0 Å². The Hall–Kier alpha value is -3.68. The highest BCUT2D eigenvalue weighted by atomic mass is 16.6. The molecular weight excluding hydrogens is 340 g/mol. The molecule has 0 fully saturated rings. The van der Waals surface area contributed by atoms with Crippen LogP contribution in [0.1, 0.15) is 11.1 Å². The van der Waals surface area contributed by atoms with Crippen LogP contribution in [-0.2, 0) is 16.2 Å². The lowest BCUT2D eigenvalue weighted by Gasteiger charge is -2.06. The third-order valence-corrected chi connectivity index (χ3v) is 3.25. The van der Waals surface area contributed by atoms with E-state index >= 15 is 0 Å². The number of nitrogens with zero attached hydrogens (tertiary/aromatic N) is 1. The minimum Gasteiger partial charge on any atom is -0.489 e. The summed E-state index contributed by atoms with van der Waals surface area (Å²) in [6.07, 6.45) is 2.78. The summed E-state index contributed by atoms with van der Waals surface area (Å²) in [5, 5.41) is 21.4. The number of nitro groups is 1. The maximum atomic E-state index is 11.4. The van der Waals surface area contributed by atoms with Gasteiger partial charge in [-0.05, 0) is 29.3 Å². The Morgan fingerprint density at radius 1 is 1.19 bits per heavy atom. The number of carbonyl (C=O) groups excluding carboxylic acids is 1. The number of hydrogen-bond acceptors (Lipinski definition) is 5. The van der Waals surface area contributed by atoms with Crippen molar-refractivity contribution >= 4 is 23.6 Å². The molecule has 26 heavy (non-hydrogen) atoms. The third-order valence-electron chi connectivity index (χ3n) is 3.25. The van der Waals surface area contributed by atoms with Crippen LogP contribution in [0.2, 0.25) is 0 Å². The van der Waals surface area contributed by atoms with Crippen molar-refractivity contribution in [3.8, 4) is 5.75 Å². The molecule has 2 aromatic rings. The molecule has 0 unspecified atom stereocenters. The Labute approximate surface area is 148 Å². The van der Waals surface area contributed by atoms with Gasteiger partial charge in [0.1, 0.15) is 18.9 Å². The van der Waals surface area contributed by atoms with Crippen molar-refractivity contribution in [3.63, 3.8) is 0 Å². The summed E-state index contributed by atoms with van der Waals surface area (Å²) >= 11 is 0. The zero-order chi connectivity index (χ0) is 18.9. The number of ether oxygens (including phenoxy) is 1. The molecule has 8 nitrogen and oxygen atoms in total. The van der Waals surface area contributed by atoms with Gasteiger partial charge in [-0.1, -0.05) is 24.3 Å². The molecule has 0 saturated carbocycles. The lowest BCUT2D eigenvalue weighted by molar-refractivity contribution is -0.384. The van der Waals surface area contributed by atoms with Crippen molar-refractivity contribution in [1.29, 1.82) is 0 Å². The van der Waals surface area contributed by atoms with Gasteiger partial charge in [-0.3, -0.25) is 19.7 Å². The number of amides is 1. The monoisotopic (exact) mass is 356 g/mol. The van der Waals surface area contributed by atoms with Gasteiger partial charge in [0.2, 0.25) is 5.91 Å². The van der Waals surface area contributed by atoms with Crippen LogP contribution in [0.5, 0.6) is 5.75 Å². The molecule has 0 aliphatic heterocycles. The number of non-ortho nitro benzene ring substituents is 1. The molecular formula is C18H16N2O6. The van der Waals surface area contributed by atoms with Gasteiger partial charge in [0.15, 0.2) is 0 Å². The van der Waals surface area contributed by atoms with Crippen molar-refractivity contribution in [1.82, 2.24) is 5.32 Å². The summed E-state index contributed by atoms with van der Waals surface area (Å²) in [5.41, 5.74) is 1.42. The lowest BCUT2D eigenvalue weighted by atomic mass is 10.2. The van der Waals surface area contributed by atoms with E-state index in [0.29, 0.717) is 11.3 Å². The number of hydrogen-bond donors (Lipinski definition) is 2. The maximum absolute atomic E-state index is 11.4. The van der Waals surface area contributed by atoms with E-state index in [2.05, 4.69) is 5.32 Å². The quantitative estimate of drug-likeness (QED) is 0.426. The highest BCUT2D eigenvalue weighted by Crippen LogP contribution is 2.17. The number of carboxylic acid groups (broad SMARTS) is 1. The molecule has 2 rings (SSSR count). The van der Waals surface area contributed by atoms with E-state index in [1.165, 1.54) is 18.2 Å². The standard InChI is InChI=1S/C18H16N2O6/c21-17(19-11-18(22)23)9-6-13-4-7-16(8-5-13)26-12-14-2-1-3-15(10-14)20(24)25/h1-10H,11-12H2,(H,19,21)(H,22,23). The molecule has 0 heterocycles. The molecule has 134 valence electrons. The summed E-state index contributed by atoms with van der Waals surface area (Å²) in [5.74, 6) is -1.04. The summed E-state index contributed by atoms with van der Waals surface area (Å²) in [4.78, 5) is 32.0. The first-order chi connectivity index (χ1) is 12.4. The van der Waals surface area contributed by atoms with Gasteiger partial charge < -0.3 is 15.2 Å². The summed E-state index contributed by atoms with van der Waals surface area (Å²) in [6.45, 7) is -0.248. The minimum absolute atomic E-state index is 0.00718. The molecule has 0 atom stereocenters. The summed E-state index contributed by atoms with van der Waals surface area (Å²) in [6, 6.07) is 13.1. The molecule has 0 aromatic heterocycles. The first kappa shape index (κ1) is 18.7. The second kappa shape index (κ2) is 8.97. The van der Waals surface area contributed by atoms with Crippen molar-refractivity contribution in [3.05, 3.63) is 75.8 Å². The minimum atomic E-state index is -1.11. The predicted molar refractivity (Wildman–Crippen MR) is 93.5 cm³/mol. The largest absolute Gasteiger partial charge is 0.489 e. The van der Waals surface area contributed by atoms with E-state index in [1.54, 1.807) is 42.5 Å². The Kier molecular flexibility index (Phi) is 6.44. The van der Waals surface area contributed by atoms with Gasteiger partial charge in [0.05, 0.1) is 4.92 Å². The smallest absolute Gasteiger partial charge is 0.322 e. The average molecular weight is 356 g/mol. The number of carboxylic acids is 1. The molecule has 1 amide bonds. The van der Waals surface area contributed by atoms with Crippen LogP contribution in [0.15, 0.2) is 54.6 Å². The first-order valence-electron chi connectivity index (χ1n) is 7.58. The number of nitro benzene ring substituents is 1. The van der Waals surface area contributed by atoms with E-state index in [-0.39, 0.29) is 12.3 Å². The number of benzene rings is 2. The van der Waals surface area contributed by atoms with Crippen LogP contribution in [0, 0.1) is 10.1 Å². The Bertz CT molecular complexity index is 830. The molecule has 0 spiro atoms. The van der Waals surface area contributed by atoms with Crippen molar-refractivity contribution in [2.45, 2.75) is 6.61 Å². The van der Waals surface area contributed by atoms with Gasteiger partial charge in [-0.2, -0.15) is 0 Å². The van der Waals surface area contributed by atoms with Crippen LogP contribution in [0.3, 0.4) is 0 Å². The molecule has 2 aromatic carbocycles. The van der Waals surface area contributed by atoms with Crippen molar-refractivity contribution < 1.29 is 24.4 Å². The molecule has 0 aliphatic rings. The number of rotatable bonds is 8. The van der Waals surface area contributed by atoms with Gasteiger partial charge in [-0.15, -0.1) is 0 Å². The summed E-state index contributed by atoms with van der Waals surface area (Å²) in [7, 11) is 0. The SMILES string of the molecule is O=C(O)CNC(=O)C=Cc1ccc(OCc2cccc([N+](=O)[O-])c2)cc1. The molecule has 0 saturated heterocycles. The summed E-state index contributed by atoms with van der Waals surface area (Å²) < 4.78 is 5.58. The van der Waals surface area contributed by atoms with Crippen LogP contribution < -0.4 is 10.1 Å². The van der Waals surface area contributed by atoms with Crippen molar-refractivity contribution in [2.75, 3.05) is 6.54 Å². The van der Waals surface area contributed by atoms with Crippen LogP contribution in [0.4, 0.5) is 5.69 Å². The maximum Gasteiger partial charge on any atom is 0.322 e. The molecule has 8 heteroatoms. The van der Waals surface area contributed by atoms with E-state index in [4.69, 9.17) is 9.84 Å². The number of nitrogens with one attached hydrogen (secondary N) is 1. The third kappa shape index (κ3) is 6.08. The lowest BCUT2D eigenvalue weighted by Crippen LogP contribution is -2.27. The normalized spacial score (nSPS) is 10.5. The Morgan fingerprint density at radius 3 is 2.58 bits per heavy atom. The molecule has 2 N–H and O–H groups in total. The van der Waals surface area contributed by atoms with E-state index in [0.717, 1.165) is 5.56 Å². The van der Waals surface area contributed by atoms with Gasteiger partial charge >= 0.3 is 5.97 Å². The van der Waals surface area contributed by atoms with Gasteiger partial charge in [0, 0.05) is 18.2 Å². The zero-order valence-corrected chi connectivity index (χ0v) is 13.6. The van der Waals surface area contributed by atoms with E-state index < -0.39 is 23.3 Å². The van der Waals surface area contributed by atoms with Crippen LogP contribution >= 0.6 is 0 Å². The molecule has 0 radical (unpaired) electrons. The fraction of sp³-hybridized carbons (Fsp3) is 0.111. The number of carbonyl (C=O) groups is 2. The average Bonchev–Trinajstić information content (AvgIpc) is 2.64. The Morgan fingerprint density at radius 2 is 1.92 bits per heavy atom. The highest BCUT2D eigenvalue weighted by Gasteiger charge is 2.06. The van der Waals surface area contributed by atoms with E-state index in [1.807, 2.05) is 0 Å². The molecule has 0 bridgehead atoms. The fourth-order valence-corrected chi connectivity index (χ4v) is 2.00. The van der Waals surface area contributed by atoms with Gasteiger partial charge in [0.25, 0.3) is 5.69 Å². The van der Waals surface area contributed by atoms with Crippen LogP contribution in [-0.4, -0.2) is 28.5 Å². The number of aliphatic carboxylic acids is 1. The topological polar surface area (TPSA) is 119 Å². The molecule has 0 aliphatic carbocycles. The zero-order valence-electron chi connectivity index (χ0n) is 13.6. The second-order valence-electron chi connectivity index (χ2n) is 5.23. The van der Waals surface area contributed by atoms with Gasteiger partial charge in [-0.25, -0.2) is 0 Å². The highest BCUT2D eigenvalue weighted by molar-refractivity contribution is 5.93. The fourth-order valence-electron chi connectivity index (χ4n) is 2.00. The van der Waals surface area contributed by atoms with Crippen LogP contribution in [0.25, 0.3) is 6.08 Å². The first-order valence-corrected chi connectivity index (χ1v) is 7.58. The van der Waals surface area contributed by atoms with E-state index in [9.17, 15) is 19.7 Å². The predicted octanol–water partition coefficient (Wildman–Crippen LogP) is 2.39. The second-order valence-corrected chi connectivity index (χ2v) is 5.23. The Balaban J connectivity index is 1.89.